The number of carbonyl (C=O) groups excluding carboxylic acids is 2. The molecule has 2 N–H and O–H groups in total. The quantitative estimate of drug-likeness (QED) is 0.0707. The first-order chi connectivity index (χ1) is 13.8. The fourth-order valence-corrected chi connectivity index (χ4v) is 2.21. The normalized spacial score (nSPS) is 11.9. The molecule has 0 bridgehead atoms. The lowest BCUT2D eigenvalue weighted by Crippen LogP contribution is -2.44. The zero-order chi connectivity index (χ0) is 23.2. The van der Waals surface area contributed by atoms with Crippen LogP contribution in [0.15, 0.2) is 11.8 Å². The molecule has 1 aromatic rings. The number of nitrogens with one attached hydrogen (secondary N) is 2. The molecule has 0 unspecified atom stereocenters. The van der Waals surface area contributed by atoms with Crippen LogP contribution in [0.2, 0.25) is 0 Å². The van der Waals surface area contributed by atoms with Gasteiger partial charge in [0.2, 0.25) is 11.6 Å². The summed E-state index contributed by atoms with van der Waals surface area (Å²) in [6, 6.07) is 0. The van der Waals surface area contributed by atoms with E-state index >= 15 is 0 Å². The molecule has 0 radical (unpaired) electrons. The maximum absolute atomic E-state index is 14.6. The van der Waals surface area contributed by atoms with Crippen LogP contribution in [-0.4, -0.2) is 28.8 Å². The summed E-state index contributed by atoms with van der Waals surface area (Å²) >= 11 is 0. The van der Waals surface area contributed by atoms with Crippen molar-refractivity contribution in [1.82, 2.24) is 10.9 Å². The van der Waals surface area contributed by atoms with E-state index in [1.165, 1.54) is 0 Å². The molecule has 0 aromatic heterocycles. The molecule has 8 nitrogen and oxygen atoms in total. The van der Waals surface area contributed by atoms with E-state index in [1.807, 2.05) is 6.92 Å². The van der Waals surface area contributed by atoms with Gasteiger partial charge >= 0.3 is 11.7 Å². The summed E-state index contributed by atoms with van der Waals surface area (Å²) in [5.41, 5.74) is -0.161. The van der Waals surface area contributed by atoms with Gasteiger partial charge in [0, 0.05) is 17.3 Å². The highest BCUT2D eigenvalue weighted by molar-refractivity contribution is 6.25. The lowest BCUT2D eigenvalue weighted by Gasteiger charge is -2.20. The molecule has 0 aliphatic rings. The van der Waals surface area contributed by atoms with Crippen LogP contribution < -0.4 is 10.9 Å². The Hall–Kier alpha value is -2.95. The zero-order valence-electron chi connectivity index (χ0n) is 17.3. The number of nitro benzene ring substituents is 1. The third-order valence-electron chi connectivity index (χ3n) is 3.78. The van der Waals surface area contributed by atoms with E-state index < -0.39 is 62.1 Å². The van der Waals surface area contributed by atoms with Gasteiger partial charge in [0.05, 0.1) is 11.5 Å². The summed E-state index contributed by atoms with van der Waals surface area (Å²) in [7, 11) is 0. The number of hydrogen-bond acceptors (Lipinski definition) is 7. The molecule has 0 spiro atoms. The number of halogens is 3. The number of hydrazine groups is 1. The van der Waals surface area contributed by atoms with Crippen LogP contribution in [0.3, 0.4) is 0 Å². The Balaban J connectivity index is 3.54. The second-order valence-electron chi connectivity index (χ2n) is 7.44. The number of carbonyl (C=O) groups is 2. The van der Waals surface area contributed by atoms with Crippen LogP contribution in [0, 0.1) is 34.5 Å². The number of nitro groups is 1. The lowest BCUT2D eigenvalue weighted by molar-refractivity contribution is -0.388. The minimum atomic E-state index is -2.00. The summed E-state index contributed by atoms with van der Waals surface area (Å²) in [4.78, 5) is 35.1. The first-order valence-corrected chi connectivity index (χ1v) is 9.09. The fraction of sp³-hybridized carbons (Fsp3) is 0.474. The smallest absolute Gasteiger partial charge is 0.343 e. The molecule has 1 rings (SSSR count). The molecule has 30 heavy (non-hydrogen) atoms. The summed E-state index contributed by atoms with van der Waals surface area (Å²) in [5.74, 6) is -8.15. The third kappa shape index (κ3) is 6.02. The second-order valence-corrected chi connectivity index (χ2v) is 7.44. The third-order valence-corrected chi connectivity index (χ3v) is 3.78. The van der Waals surface area contributed by atoms with Gasteiger partial charge in [-0.15, -0.1) is 0 Å². The number of esters is 1. The molecule has 0 aliphatic carbocycles. The number of benzene rings is 1. The van der Waals surface area contributed by atoms with Gasteiger partial charge in [-0.05, 0) is 34.1 Å². The van der Waals surface area contributed by atoms with Gasteiger partial charge in [-0.3, -0.25) is 14.9 Å². The van der Waals surface area contributed by atoms with Gasteiger partial charge in [-0.1, -0.05) is 13.3 Å². The average Bonchev–Trinajstić information content (AvgIpc) is 2.64. The maximum Gasteiger partial charge on any atom is 0.343 e. The SMILES string of the molecule is CCCCOC(=O)/C(=C/NNC(C)(C)C)C(=O)c1c(F)c(C)c(F)c(F)c1[N+](=O)[O-]. The van der Waals surface area contributed by atoms with Gasteiger partial charge in [-0.2, -0.15) is 4.39 Å². The topological polar surface area (TPSA) is 111 Å². The fourth-order valence-electron chi connectivity index (χ4n) is 2.21. The highest BCUT2D eigenvalue weighted by Gasteiger charge is 2.37. The Morgan fingerprint density at radius 2 is 1.77 bits per heavy atom. The average molecular weight is 431 g/mol. The highest BCUT2D eigenvalue weighted by atomic mass is 19.2. The monoisotopic (exact) mass is 431 g/mol. The highest BCUT2D eigenvalue weighted by Crippen LogP contribution is 2.32. The minimum Gasteiger partial charge on any atom is -0.462 e. The van der Waals surface area contributed by atoms with Crippen LogP contribution in [0.4, 0.5) is 18.9 Å². The van der Waals surface area contributed by atoms with Crippen molar-refractivity contribution in [3.63, 3.8) is 0 Å². The predicted octanol–water partition coefficient (Wildman–Crippen LogP) is 3.62. The molecule has 11 heteroatoms. The largest absolute Gasteiger partial charge is 0.462 e. The van der Waals surface area contributed by atoms with Crippen LogP contribution in [0.25, 0.3) is 0 Å². The standard InChI is InChI=1S/C19H24F3N3O5/c1-6-7-8-30-18(27)11(9-23-24-19(3,4)5)17(26)12-13(20)10(2)14(21)15(22)16(12)25(28)29/h9,23-24H,6-8H2,1-5H3/b11-9+. The van der Waals surface area contributed by atoms with E-state index in [2.05, 4.69) is 10.9 Å². The van der Waals surface area contributed by atoms with E-state index in [0.29, 0.717) is 12.8 Å². The van der Waals surface area contributed by atoms with Crippen LogP contribution in [0.5, 0.6) is 0 Å². The van der Waals surface area contributed by atoms with Crippen molar-refractivity contribution >= 4 is 17.4 Å². The zero-order valence-corrected chi connectivity index (χ0v) is 17.3. The van der Waals surface area contributed by atoms with E-state index in [0.717, 1.165) is 13.1 Å². The molecule has 0 aliphatic heterocycles. The molecule has 0 amide bonds. The lowest BCUT2D eigenvalue weighted by atomic mass is 9.98. The number of unbranched alkanes of at least 4 members (excludes halogenated alkanes) is 1. The van der Waals surface area contributed by atoms with Crippen molar-refractivity contribution in [3.8, 4) is 0 Å². The Morgan fingerprint density at radius 3 is 2.27 bits per heavy atom. The molecule has 0 heterocycles. The van der Waals surface area contributed by atoms with Crippen molar-refractivity contribution in [2.24, 2.45) is 0 Å². The number of ketones is 1. The van der Waals surface area contributed by atoms with E-state index in [1.54, 1.807) is 20.8 Å². The van der Waals surface area contributed by atoms with Gasteiger partial charge in [0.25, 0.3) is 0 Å². The molecule has 1 aromatic carbocycles. The molecule has 0 saturated carbocycles. The summed E-state index contributed by atoms with van der Waals surface area (Å²) < 4.78 is 47.5. The van der Waals surface area contributed by atoms with Crippen molar-refractivity contribution in [3.05, 3.63) is 50.5 Å². The van der Waals surface area contributed by atoms with Gasteiger partial charge < -0.3 is 10.2 Å². The summed E-state index contributed by atoms with van der Waals surface area (Å²) in [6.45, 7) is 7.83. The predicted molar refractivity (Wildman–Crippen MR) is 102 cm³/mol. The number of rotatable bonds is 9. The van der Waals surface area contributed by atoms with Gasteiger partial charge in [0.1, 0.15) is 17.0 Å². The van der Waals surface area contributed by atoms with E-state index in [-0.39, 0.29) is 6.61 Å². The maximum atomic E-state index is 14.6. The van der Waals surface area contributed by atoms with Crippen LogP contribution in [0.1, 0.15) is 56.5 Å². The molecule has 0 saturated heterocycles. The number of nitrogens with zero attached hydrogens (tertiary/aromatic N) is 1. The molecule has 0 fully saturated rings. The van der Waals surface area contributed by atoms with Crippen molar-refractivity contribution in [2.45, 2.75) is 53.0 Å². The minimum absolute atomic E-state index is 0.0615. The number of ether oxygens (including phenoxy) is 1. The van der Waals surface area contributed by atoms with E-state index in [4.69, 9.17) is 4.74 Å². The molecule has 166 valence electrons. The molecular formula is C19H24F3N3O5. The van der Waals surface area contributed by atoms with Crippen molar-refractivity contribution in [2.75, 3.05) is 6.61 Å². The Bertz CT molecular complexity index is 879. The van der Waals surface area contributed by atoms with Gasteiger partial charge in [0.15, 0.2) is 5.82 Å². The first kappa shape index (κ1) is 25.1. The number of hydrogen-bond donors (Lipinski definition) is 2. The van der Waals surface area contributed by atoms with E-state index in [9.17, 15) is 32.9 Å². The van der Waals surface area contributed by atoms with Gasteiger partial charge in [-0.25, -0.2) is 19.0 Å². The summed E-state index contributed by atoms with van der Waals surface area (Å²) in [6.07, 6.45) is 1.98. The second kappa shape index (κ2) is 10.2. The number of Topliss-reactive ketones (excluding diaryl/α,β-unsaturated/α-hetero) is 1. The van der Waals surface area contributed by atoms with Crippen molar-refractivity contribution < 1.29 is 32.4 Å². The summed E-state index contributed by atoms with van der Waals surface area (Å²) in [5, 5.41) is 11.2. The molecular weight excluding hydrogens is 407 g/mol. The Kier molecular flexibility index (Phi) is 8.52. The van der Waals surface area contributed by atoms with Crippen LogP contribution in [-0.2, 0) is 9.53 Å². The Morgan fingerprint density at radius 1 is 1.17 bits per heavy atom. The van der Waals surface area contributed by atoms with Crippen LogP contribution >= 0.6 is 0 Å². The first-order valence-electron chi connectivity index (χ1n) is 9.09. The van der Waals surface area contributed by atoms with Crippen molar-refractivity contribution in [1.29, 1.82) is 0 Å². The Labute approximate surface area is 171 Å². The molecule has 0 atom stereocenters.